The first kappa shape index (κ1) is 22.9. The van der Waals surface area contributed by atoms with Crippen molar-refractivity contribution in [3.63, 3.8) is 0 Å². The van der Waals surface area contributed by atoms with Crippen LogP contribution < -0.4 is 5.32 Å². The van der Waals surface area contributed by atoms with Crippen LogP contribution in [0, 0.1) is 11.8 Å². The Balaban J connectivity index is 1.63. The summed E-state index contributed by atoms with van der Waals surface area (Å²) in [6.07, 6.45) is 1.17. The van der Waals surface area contributed by atoms with E-state index in [1.807, 2.05) is 22.6 Å². The summed E-state index contributed by atoms with van der Waals surface area (Å²) < 4.78 is 56.1. The Labute approximate surface area is 187 Å². The second kappa shape index (κ2) is 8.92. The van der Waals surface area contributed by atoms with Crippen LogP contribution in [0.2, 0.25) is 0 Å². The number of hydrogen-bond acceptors (Lipinski definition) is 6. The first-order valence-electron chi connectivity index (χ1n) is 10.7. The number of halogens is 2. The Morgan fingerprint density at radius 1 is 1.19 bits per heavy atom. The Kier molecular flexibility index (Phi) is 6.38. The van der Waals surface area contributed by atoms with E-state index in [1.165, 1.54) is 0 Å². The summed E-state index contributed by atoms with van der Waals surface area (Å²) in [5, 5.41) is 3.75. The van der Waals surface area contributed by atoms with Crippen molar-refractivity contribution in [3.8, 4) is 11.8 Å². The number of rotatable bonds is 4. The number of fused-ring (bicyclic) bond motifs is 1. The van der Waals surface area contributed by atoms with Crippen LogP contribution in [0.4, 0.5) is 14.7 Å². The molecule has 0 amide bonds. The Bertz CT molecular complexity index is 1160. The van der Waals surface area contributed by atoms with Crippen molar-refractivity contribution in [2.24, 2.45) is 0 Å². The average Bonchev–Trinajstić information content (AvgIpc) is 3.06. The van der Waals surface area contributed by atoms with E-state index in [9.17, 15) is 17.2 Å². The van der Waals surface area contributed by atoms with Crippen LogP contribution in [0.3, 0.4) is 0 Å². The molecule has 0 aliphatic carbocycles. The van der Waals surface area contributed by atoms with E-state index in [4.69, 9.17) is 0 Å². The molecule has 11 heteroatoms. The lowest BCUT2D eigenvalue weighted by molar-refractivity contribution is 0.109. The summed E-state index contributed by atoms with van der Waals surface area (Å²) in [6, 6.07) is 0.846. The number of alkyl halides is 2. The van der Waals surface area contributed by atoms with Crippen molar-refractivity contribution in [2.75, 3.05) is 44.8 Å². The molecule has 2 aromatic rings. The maximum Gasteiger partial charge on any atom is 0.224 e. The smallest absolute Gasteiger partial charge is 0.224 e. The normalized spacial score (nSPS) is 27.8. The lowest BCUT2D eigenvalue weighted by atomic mass is 10.0. The molecule has 4 heterocycles. The molecule has 2 saturated heterocycles. The molecule has 8 nitrogen and oxygen atoms in total. The van der Waals surface area contributed by atoms with Gasteiger partial charge in [0.25, 0.3) is 0 Å². The minimum absolute atomic E-state index is 0.204. The number of anilines is 1. The fraction of sp³-hybridized carbons (Fsp3) is 0.619. The van der Waals surface area contributed by atoms with E-state index < -0.39 is 34.5 Å². The van der Waals surface area contributed by atoms with Gasteiger partial charge in [-0.3, -0.25) is 0 Å². The fourth-order valence-corrected chi connectivity index (χ4v) is 5.33. The highest BCUT2D eigenvalue weighted by Crippen LogP contribution is 2.31. The number of likely N-dealkylation sites (tertiary alicyclic amines) is 1. The molecule has 2 aliphatic rings. The van der Waals surface area contributed by atoms with Gasteiger partial charge in [0, 0.05) is 37.8 Å². The van der Waals surface area contributed by atoms with Gasteiger partial charge in [0.2, 0.25) is 16.0 Å². The highest BCUT2D eigenvalue weighted by Gasteiger charge is 2.34. The van der Waals surface area contributed by atoms with Crippen molar-refractivity contribution in [1.82, 2.24) is 23.7 Å². The van der Waals surface area contributed by atoms with Gasteiger partial charge >= 0.3 is 0 Å². The summed E-state index contributed by atoms with van der Waals surface area (Å²) in [7, 11) is -1.54. The van der Waals surface area contributed by atoms with Crippen LogP contribution in [0.25, 0.3) is 11.0 Å². The highest BCUT2D eigenvalue weighted by molar-refractivity contribution is 7.88. The Morgan fingerprint density at radius 3 is 2.62 bits per heavy atom. The zero-order valence-electron chi connectivity index (χ0n) is 18.4. The largest absolute Gasteiger partial charge is 0.348 e. The van der Waals surface area contributed by atoms with Crippen molar-refractivity contribution >= 4 is 27.0 Å². The third-order valence-corrected chi connectivity index (χ3v) is 7.43. The van der Waals surface area contributed by atoms with Crippen molar-refractivity contribution in [3.05, 3.63) is 18.0 Å². The maximum atomic E-state index is 15.0. The molecule has 4 atom stereocenters. The van der Waals surface area contributed by atoms with E-state index in [-0.39, 0.29) is 19.0 Å². The molecular weight excluding hydrogens is 438 g/mol. The number of piperidine rings is 2. The predicted molar refractivity (Wildman–Crippen MR) is 119 cm³/mol. The molecule has 174 valence electrons. The van der Waals surface area contributed by atoms with Crippen LogP contribution in [-0.2, 0) is 10.0 Å². The first-order chi connectivity index (χ1) is 15.2. The lowest BCUT2D eigenvalue weighted by Crippen LogP contribution is -2.49. The van der Waals surface area contributed by atoms with Gasteiger partial charge < -0.3 is 14.8 Å². The predicted octanol–water partition coefficient (Wildman–Crippen LogP) is 1.80. The SMILES string of the molecule is CC#Cc1cc2cnc(N[C@@H]3CCN(S(C)(=O)=O)C[C@H]3F)nc2n1[C@@H]1CCN(C)C[C@@H]1F. The zero-order chi connectivity index (χ0) is 23.0. The van der Waals surface area contributed by atoms with Crippen molar-refractivity contribution in [2.45, 2.75) is 44.2 Å². The maximum absolute atomic E-state index is 15.0. The first-order valence-corrected chi connectivity index (χ1v) is 12.5. The second-order valence-corrected chi connectivity index (χ2v) is 10.5. The van der Waals surface area contributed by atoms with Crippen molar-refractivity contribution in [1.29, 1.82) is 0 Å². The van der Waals surface area contributed by atoms with Gasteiger partial charge in [-0.05, 0) is 38.8 Å². The molecular formula is C21H28F2N6O2S. The van der Waals surface area contributed by atoms with Crippen LogP contribution >= 0.6 is 0 Å². The van der Waals surface area contributed by atoms with E-state index in [0.29, 0.717) is 30.7 Å². The van der Waals surface area contributed by atoms with Crippen LogP contribution in [0.15, 0.2) is 12.3 Å². The molecule has 0 saturated carbocycles. The highest BCUT2D eigenvalue weighted by atomic mass is 32.2. The van der Waals surface area contributed by atoms with Gasteiger partial charge in [0.15, 0.2) is 0 Å². The summed E-state index contributed by atoms with van der Waals surface area (Å²) >= 11 is 0. The molecule has 0 aromatic carbocycles. The van der Waals surface area contributed by atoms with Gasteiger partial charge in [0.05, 0.1) is 24.0 Å². The Morgan fingerprint density at radius 2 is 1.97 bits per heavy atom. The monoisotopic (exact) mass is 466 g/mol. The topological polar surface area (TPSA) is 83.4 Å². The minimum atomic E-state index is -3.43. The van der Waals surface area contributed by atoms with Gasteiger partial charge in [-0.15, -0.1) is 0 Å². The van der Waals surface area contributed by atoms with Gasteiger partial charge in [-0.1, -0.05) is 5.92 Å². The molecule has 2 aliphatic heterocycles. The van der Waals surface area contributed by atoms with Gasteiger partial charge in [0.1, 0.15) is 18.0 Å². The molecule has 2 aromatic heterocycles. The number of sulfonamides is 1. The van der Waals surface area contributed by atoms with Crippen LogP contribution in [0.5, 0.6) is 0 Å². The van der Waals surface area contributed by atoms with E-state index in [1.54, 1.807) is 13.1 Å². The fourth-order valence-electron chi connectivity index (χ4n) is 4.48. The van der Waals surface area contributed by atoms with Crippen LogP contribution in [0.1, 0.15) is 31.5 Å². The summed E-state index contributed by atoms with van der Waals surface area (Å²) in [4.78, 5) is 10.9. The number of aromatic nitrogens is 3. The number of hydrogen-bond donors (Lipinski definition) is 1. The Hall–Kier alpha value is -2.29. The van der Waals surface area contributed by atoms with Gasteiger partial charge in [-0.2, -0.15) is 9.29 Å². The zero-order valence-corrected chi connectivity index (χ0v) is 19.2. The number of nitrogens with zero attached hydrogens (tertiary/aromatic N) is 5. The van der Waals surface area contributed by atoms with Crippen LogP contribution in [-0.4, -0.2) is 90.0 Å². The summed E-state index contributed by atoms with van der Waals surface area (Å²) in [5.41, 5.74) is 1.23. The van der Waals surface area contributed by atoms with E-state index in [0.717, 1.165) is 22.5 Å². The quantitative estimate of drug-likeness (QED) is 0.692. The molecule has 32 heavy (non-hydrogen) atoms. The number of nitrogens with one attached hydrogen (secondary N) is 1. The average molecular weight is 467 g/mol. The third-order valence-electron chi connectivity index (χ3n) is 6.16. The van der Waals surface area contributed by atoms with Gasteiger partial charge in [-0.25, -0.2) is 22.2 Å². The second-order valence-electron chi connectivity index (χ2n) is 8.56. The molecule has 0 radical (unpaired) electrons. The van der Waals surface area contributed by atoms with E-state index >= 15 is 0 Å². The molecule has 2 fully saturated rings. The minimum Gasteiger partial charge on any atom is -0.348 e. The van der Waals surface area contributed by atoms with Crippen molar-refractivity contribution < 1.29 is 17.2 Å². The third kappa shape index (κ3) is 4.58. The molecule has 0 unspecified atom stereocenters. The summed E-state index contributed by atoms with van der Waals surface area (Å²) in [5.74, 6) is 6.16. The molecule has 0 bridgehead atoms. The standard InChI is InChI=1S/C21H28F2N6O2S/c1-4-5-15-10-14-11-24-21(25-18-6-9-28(13-16(18)22)32(3,30)31)26-20(14)29(15)19-7-8-27(2)12-17(19)23/h10-11,16-19H,6-9,12-13H2,1-3H3,(H,24,25,26)/t16-,17+,18-,19-/m1/s1. The molecule has 0 spiro atoms. The molecule has 1 N–H and O–H groups in total. The molecule has 4 rings (SSSR count). The summed E-state index contributed by atoms with van der Waals surface area (Å²) in [6.45, 7) is 2.85. The van der Waals surface area contributed by atoms with E-state index in [2.05, 4.69) is 27.1 Å². The lowest BCUT2D eigenvalue weighted by Gasteiger charge is -2.34.